The summed E-state index contributed by atoms with van der Waals surface area (Å²) < 4.78 is 1.93. The van der Waals surface area contributed by atoms with Crippen LogP contribution in [0, 0.1) is 10.1 Å². The maximum atomic E-state index is 10.8. The zero-order chi connectivity index (χ0) is 13.3. The number of benzene rings is 1. The van der Waals surface area contributed by atoms with Crippen molar-refractivity contribution in [3.63, 3.8) is 0 Å². The van der Waals surface area contributed by atoms with Gasteiger partial charge in [-0.3, -0.25) is 10.1 Å². The lowest BCUT2D eigenvalue weighted by Gasteiger charge is -2.17. The van der Waals surface area contributed by atoms with Crippen LogP contribution < -0.4 is 0 Å². The number of non-ortho nitro benzene ring substituents is 1. The van der Waals surface area contributed by atoms with E-state index in [1.165, 1.54) is 6.07 Å². The van der Waals surface area contributed by atoms with Crippen molar-refractivity contribution in [2.75, 3.05) is 0 Å². The van der Waals surface area contributed by atoms with Crippen molar-refractivity contribution >= 4 is 16.6 Å². The number of nitro benzene ring substituents is 1. The zero-order valence-electron chi connectivity index (χ0n) is 10.5. The molecule has 0 spiro atoms. The average molecular weight is 248 g/mol. The second-order valence-electron chi connectivity index (χ2n) is 5.07. The van der Waals surface area contributed by atoms with E-state index in [0.29, 0.717) is 13.0 Å². The fraction of sp³-hybridized carbons (Fsp3) is 0.385. The van der Waals surface area contributed by atoms with E-state index in [1.54, 1.807) is 26.0 Å². The maximum Gasteiger partial charge on any atom is 0.271 e. The fourth-order valence-corrected chi connectivity index (χ4v) is 1.87. The normalized spacial score (nSPS) is 11.9. The summed E-state index contributed by atoms with van der Waals surface area (Å²) in [7, 11) is 0. The molecule has 1 heterocycles. The highest BCUT2D eigenvalue weighted by Crippen LogP contribution is 2.23. The predicted octanol–water partition coefficient (Wildman–Crippen LogP) is 2.71. The molecule has 96 valence electrons. The van der Waals surface area contributed by atoms with E-state index in [9.17, 15) is 15.2 Å². The van der Waals surface area contributed by atoms with Gasteiger partial charge in [-0.05, 0) is 32.4 Å². The Balaban J connectivity index is 2.33. The summed E-state index contributed by atoms with van der Waals surface area (Å²) in [6.45, 7) is 4.14. The number of rotatable bonds is 4. The quantitative estimate of drug-likeness (QED) is 0.668. The first-order valence-corrected chi connectivity index (χ1v) is 5.82. The van der Waals surface area contributed by atoms with Crippen molar-refractivity contribution in [1.29, 1.82) is 0 Å². The molecule has 0 saturated heterocycles. The summed E-state index contributed by atoms with van der Waals surface area (Å²) in [6, 6.07) is 6.74. The van der Waals surface area contributed by atoms with E-state index in [4.69, 9.17) is 0 Å². The summed E-state index contributed by atoms with van der Waals surface area (Å²) in [6.07, 6.45) is 2.49. The molecule has 1 N–H and O–H groups in total. The summed E-state index contributed by atoms with van der Waals surface area (Å²) >= 11 is 0. The van der Waals surface area contributed by atoms with E-state index in [2.05, 4.69) is 0 Å². The van der Waals surface area contributed by atoms with E-state index in [-0.39, 0.29) is 5.69 Å². The summed E-state index contributed by atoms with van der Waals surface area (Å²) in [5, 5.41) is 21.4. The molecular formula is C13H16N2O3. The average Bonchev–Trinajstić information content (AvgIpc) is 2.67. The Hall–Kier alpha value is -1.88. The number of nitrogens with zero attached hydrogens (tertiary/aromatic N) is 2. The topological polar surface area (TPSA) is 68.3 Å². The molecule has 1 aromatic heterocycles. The lowest BCUT2D eigenvalue weighted by Crippen LogP contribution is -2.20. The molecule has 0 radical (unpaired) electrons. The minimum Gasteiger partial charge on any atom is -0.390 e. The zero-order valence-corrected chi connectivity index (χ0v) is 10.5. The van der Waals surface area contributed by atoms with Crippen molar-refractivity contribution in [3.05, 3.63) is 40.6 Å². The van der Waals surface area contributed by atoms with Crippen molar-refractivity contribution in [1.82, 2.24) is 4.57 Å². The summed E-state index contributed by atoms with van der Waals surface area (Å²) in [5.41, 5.74) is 0.177. The second-order valence-corrected chi connectivity index (χ2v) is 5.07. The predicted molar refractivity (Wildman–Crippen MR) is 69.5 cm³/mol. The third kappa shape index (κ3) is 2.68. The highest BCUT2D eigenvalue weighted by molar-refractivity contribution is 5.82. The van der Waals surface area contributed by atoms with Crippen LogP contribution in [0.4, 0.5) is 5.69 Å². The van der Waals surface area contributed by atoms with Gasteiger partial charge in [0.1, 0.15) is 0 Å². The summed E-state index contributed by atoms with van der Waals surface area (Å²) in [5.74, 6) is 0. The molecule has 0 atom stereocenters. The monoisotopic (exact) mass is 248 g/mol. The van der Waals surface area contributed by atoms with Gasteiger partial charge in [0.2, 0.25) is 0 Å². The van der Waals surface area contributed by atoms with Crippen LogP contribution in [0.2, 0.25) is 0 Å². The second kappa shape index (κ2) is 4.42. The number of aliphatic hydroxyl groups is 1. The van der Waals surface area contributed by atoms with Crippen molar-refractivity contribution in [3.8, 4) is 0 Å². The molecule has 0 aliphatic heterocycles. The van der Waals surface area contributed by atoms with E-state index in [0.717, 1.165) is 10.9 Å². The maximum absolute atomic E-state index is 10.8. The van der Waals surface area contributed by atoms with E-state index in [1.807, 2.05) is 16.8 Å². The standard InChI is InChI=1S/C13H16N2O3/c1-13(2,16)6-8-14-7-5-10-3-4-11(15(17)18)9-12(10)14/h3-5,7,9,16H,6,8H2,1-2H3. The number of hydrogen-bond donors (Lipinski definition) is 1. The molecule has 2 aromatic rings. The molecule has 0 saturated carbocycles. The van der Waals surface area contributed by atoms with Crippen LogP contribution in [-0.2, 0) is 6.54 Å². The molecule has 2 rings (SSSR count). The number of aromatic nitrogens is 1. The van der Waals surface area contributed by atoms with Gasteiger partial charge in [-0.2, -0.15) is 0 Å². The Morgan fingerprint density at radius 3 is 2.72 bits per heavy atom. The number of fused-ring (bicyclic) bond motifs is 1. The van der Waals surface area contributed by atoms with Gasteiger partial charge in [0.15, 0.2) is 0 Å². The van der Waals surface area contributed by atoms with E-state index < -0.39 is 10.5 Å². The van der Waals surface area contributed by atoms with Crippen LogP contribution >= 0.6 is 0 Å². The molecule has 0 bridgehead atoms. The van der Waals surface area contributed by atoms with Crippen LogP contribution in [0.3, 0.4) is 0 Å². The Bertz CT molecular complexity index is 581. The largest absolute Gasteiger partial charge is 0.390 e. The van der Waals surface area contributed by atoms with Gasteiger partial charge < -0.3 is 9.67 Å². The molecule has 1 aromatic carbocycles. The van der Waals surface area contributed by atoms with Gasteiger partial charge >= 0.3 is 0 Å². The molecule has 0 aliphatic rings. The first-order chi connectivity index (χ1) is 8.37. The highest BCUT2D eigenvalue weighted by Gasteiger charge is 2.14. The Morgan fingerprint density at radius 2 is 2.11 bits per heavy atom. The molecular weight excluding hydrogens is 232 g/mol. The van der Waals surface area contributed by atoms with Crippen LogP contribution in [0.15, 0.2) is 30.5 Å². The van der Waals surface area contributed by atoms with Crippen molar-refractivity contribution in [2.24, 2.45) is 0 Å². The van der Waals surface area contributed by atoms with Crippen molar-refractivity contribution in [2.45, 2.75) is 32.4 Å². The third-order valence-electron chi connectivity index (χ3n) is 2.93. The molecule has 0 amide bonds. The molecule has 5 nitrogen and oxygen atoms in total. The Labute approximate surface area is 105 Å². The van der Waals surface area contributed by atoms with Crippen LogP contribution in [0.5, 0.6) is 0 Å². The molecule has 18 heavy (non-hydrogen) atoms. The lowest BCUT2D eigenvalue weighted by molar-refractivity contribution is -0.384. The highest BCUT2D eigenvalue weighted by atomic mass is 16.6. The lowest BCUT2D eigenvalue weighted by atomic mass is 10.1. The summed E-state index contributed by atoms with van der Waals surface area (Å²) in [4.78, 5) is 10.4. The Kier molecular flexibility index (Phi) is 3.09. The first kappa shape index (κ1) is 12.6. The van der Waals surface area contributed by atoms with Crippen molar-refractivity contribution < 1.29 is 10.0 Å². The number of hydrogen-bond acceptors (Lipinski definition) is 3. The van der Waals surface area contributed by atoms with Gasteiger partial charge in [-0.25, -0.2) is 0 Å². The molecule has 5 heteroatoms. The molecule has 0 unspecified atom stereocenters. The smallest absolute Gasteiger partial charge is 0.271 e. The minimum absolute atomic E-state index is 0.0886. The van der Waals surface area contributed by atoms with E-state index >= 15 is 0 Å². The van der Waals surface area contributed by atoms with Crippen LogP contribution in [0.25, 0.3) is 10.9 Å². The van der Waals surface area contributed by atoms with Crippen LogP contribution in [-0.4, -0.2) is 20.2 Å². The van der Waals surface area contributed by atoms with Gasteiger partial charge in [-0.1, -0.05) is 0 Å². The van der Waals surface area contributed by atoms with Gasteiger partial charge in [0.05, 0.1) is 16.0 Å². The van der Waals surface area contributed by atoms with Gasteiger partial charge in [0.25, 0.3) is 5.69 Å². The number of nitro groups is 1. The SMILES string of the molecule is CC(C)(O)CCn1ccc2ccc([N+](=O)[O-])cc21. The first-order valence-electron chi connectivity index (χ1n) is 5.82. The molecule has 0 fully saturated rings. The third-order valence-corrected chi connectivity index (χ3v) is 2.93. The van der Waals surface area contributed by atoms with Gasteiger partial charge in [-0.15, -0.1) is 0 Å². The number of aryl methyl sites for hydroxylation is 1. The fourth-order valence-electron chi connectivity index (χ4n) is 1.87. The minimum atomic E-state index is -0.739. The Morgan fingerprint density at radius 1 is 1.39 bits per heavy atom. The van der Waals surface area contributed by atoms with Crippen LogP contribution in [0.1, 0.15) is 20.3 Å². The molecule has 0 aliphatic carbocycles. The van der Waals surface area contributed by atoms with Gasteiger partial charge in [0, 0.05) is 30.3 Å².